The summed E-state index contributed by atoms with van der Waals surface area (Å²) in [4.78, 5) is 13.1. The first-order chi connectivity index (χ1) is 16.6. The summed E-state index contributed by atoms with van der Waals surface area (Å²) in [5, 5.41) is 11.9. The summed E-state index contributed by atoms with van der Waals surface area (Å²) in [5.74, 6) is -0.508. The standard InChI is InChI=1S/C26H26N4O3S2/c1-17-5-9-21(10-6-17)25-28-29-26(34-25)27-24(31)16-30(22-14-19(3)13-20(4)15-22)35(32,33)23-11-7-18(2)8-12-23/h5-15H,16H2,1-4H3,(H,27,29,31). The maximum atomic E-state index is 13.6. The maximum Gasteiger partial charge on any atom is 0.264 e. The van der Waals surface area contributed by atoms with Crippen molar-refractivity contribution in [2.75, 3.05) is 16.2 Å². The number of rotatable bonds is 7. The van der Waals surface area contributed by atoms with E-state index in [1.807, 2.05) is 58.0 Å². The lowest BCUT2D eigenvalue weighted by Gasteiger charge is -2.24. The summed E-state index contributed by atoms with van der Waals surface area (Å²) in [6.45, 7) is 7.26. The van der Waals surface area contributed by atoms with Gasteiger partial charge in [0.1, 0.15) is 11.6 Å². The van der Waals surface area contributed by atoms with Crippen LogP contribution in [0.25, 0.3) is 10.6 Å². The summed E-state index contributed by atoms with van der Waals surface area (Å²) in [5.41, 5.74) is 5.20. The number of aromatic nitrogens is 2. The fraction of sp³-hybridized carbons (Fsp3) is 0.192. The summed E-state index contributed by atoms with van der Waals surface area (Å²) in [7, 11) is -3.99. The van der Waals surface area contributed by atoms with Crippen LogP contribution < -0.4 is 9.62 Å². The predicted octanol–water partition coefficient (Wildman–Crippen LogP) is 5.27. The molecule has 9 heteroatoms. The van der Waals surface area contributed by atoms with E-state index < -0.39 is 22.5 Å². The first-order valence-electron chi connectivity index (χ1n) is 11.0. The van der Waals surface area contributed by atoms with Gasteiger partial charge in [-0.15, -0.1) is 10.2 Å². The zero-order valence-corrected chi connectivity index (χ0v) is 21.6. The van der Waals surface area contributed by atoms with Crippen LogP contribution in [0.5, 0.6) is 0 Å². The highest BCUT2D eigenvalue weighted by atomic mass is 32.2. The molecule has 35 heavy (non-hydrogen) atoms. The average Bonchev–Trinajstić information content (AvgIpc) is 3.26. The lowest BCUT2D eigenvalue weighted by Crippen LogP contribution is -2.38. The van der Waals surface area contributed by atoms with Crippen LogP contribution in [0.2, 0.25) is 0 Å². The van der Waals surface area contributed by atoms with Crippen molar-refractivity contribution in [1.29, 1.82) is 0 Å². The molecule has 0 fully saturated rings. The molecule has 0 aliphatic carbocycles. The van der Waals surface area contributed by atoms with Gasteiger partial charge in [-0.05, 0) is 63.1 Å². The minimum absolute atomic E-state index is 0.118. The van der Waals surface area contributed by atoms with Crippen LogP contribution in [0.15, 0.2) is 71.6 Å². The molecule has 0 saturated heterocycles. The molecule has 4 aromatic rings. The van der Waals surface area contributed by atoms with Gasteiger partial charge >= 0.3 is 0 Å². The average molecular weight is 507 g/mol. The van der Waals surface area contributed by atoms with Gasteiger partial charge in [0.05, 0.1) is 10.6 Å². The van der Waals surface area contributed by atoms with Crippen molar-refractivity contribution in [2.24, 2.45) is 0 Å². The van der Waals surface area contributed by atoms with Crippen molar-refractivity contribution < 1.29 is 13.2 Å². The second-order valence-corrected chi connectivity index (χ2v) is 11.3. The van der Waals surface area contributed by atoms with Crippen LogP contribution in [0, 0.1) is 27.7 Å². The molecule has 0 aliphatic rings. The molecule has 1 heterocycles. The molecule has 0 aliphatic heterocycles. The maximum absolute atomic E-state index is 13.6. The molecule has 1 amide bonds. The van der Waals surface area contributed by atoms with E-state index in [4.69, 9.17) is 0 Å². The Morgan fingerprint density at radius 3 is 2.00 bits per heavy atom. The van der Waals surface area contributed by atoms with Gasteiger partial charge in [0, 0.05) is 5.56 Å². The van der Waals surface area contributed by atoms with Gasteiger partial charge in [-0.25, -0.2) is 8.42 Å². The van der Waals surface area contributed by atoms with Crippen LogP contribution in [0.4, 0.5) is 10.8 Å². The van der Waals surface area contributed by atoms with E-state index >= 15 is 0 Å². The summed E-state index contributed by atoms with van der Waals surface area (Å²) < 4.78 is 28.3. The molecule has 0 atom stereocenters. The van der Waals surface area contributed by atoms with Crippen molar-refractivity contribution in [2.45, 2.75) is 32.6 Å². The number of hydrogen-bond acceptors (Lipinski definition) is 6. The summed E-state index contributed by atoms with van der Waals surface area (Å²) in [6, 6.07) is 19.9. The number of benzene rings is 3. The second kappa shape index (κ2) is 9.97. The van der Waals surface area contributed by atoms with Gasteiger partial charge in [-0.3, -0.25) is 14.4 Å². The Hall–Kier alpha value is -3.56. The topological polar surface area (TPSA) is 92.3 Å². The highest BCUT2D eigenvalue weighted by Crippen LogP contribution is 2.28. The molecule has 0 bridgehead atoms. The minimum Gasteiger partial charge on any atom is -0.299 e. The fourth-order valence-corrected chi connectivity index (χ4v) is 5.79. The summed E-state index contributed by atoms with van der Waals surface area (Å²) in [6.07, 6.45) is 0. The van der Waals surface area contributed by atoms with Gasteiger partial charge in [-0.1, -0.05) is 64.9 Å². The molecular weight excluding hydrogens is 480 g/mol. The Kier molecular flexibility index (Phi) is 7.00. The van der Waals surface area contributed by atoms with Crippen molar-refractivity contribution in [1.82, 2.24) is 10.2 Å². The number of nitrogens with one attached hydrogen (secondary N) is 1. The molecule has 3 aromatic carbocycles. The van der Waals surface area contributed by atoms with E-state index in [9.17, 15) is 13.2 Å². The molecule has 7 nitrogen and oxygen atoms in total. The zero-order valence-electron chi connectivity index (χ0n) is 19.9. The molecule has 1 aromatic heterocycles. The smallest absolute Gasteiger partial charge is 0.264 e. The van der Waals surface area contributed by atoms with E-state index in [-0.39, 0.29) is 4.90 Å². The Morgan fingerprint density at radius 1 is 0.829 bits per heavy atom. The van der Waals surface area contributed by atoms with Gasteiger partial charge in [0.2, 0.25) is 11.0 Å². The third-order valence-electron chi connectivity index (χ3n) is 5.36. The number of nitrogens with zero attached hydrogens (tertiary/aromatic N) is 3. The number of carbonyl (C=O) groups is 1. The van der Waals surface area contributed by atoms with Gasteiger partial charge in [0.25, 0.3) is 10.0 Å². The molecule has 1 N–H and O–H groups in total. The summed E-state index contributed by atoms with van der Waals surface area (Å²) >= 11 is 1.23. The lowest BCUT2D eigenvalue weighted by atomic mass is 10.1. The minimum atomic E-state index is -3.99. The van der Waals surface area contributed by atoms with E-state index in [2.05, 4.69) is 15.5 Å². The SMILES string of the molecule is Cc1ccc(-c2nnc(NC(=O)CN(c3cc(C)cc(C)c3)S(=O)(=O)c3ccc(C)cc3)s2)cc1. The zero-order chi connectivity index (χ0) is 25.2. The van der Waals surface area contributed by atoms with E-state index in [1.165, 1.54) is 11.3 Å². The largest absolute Gasteiger partial charge is 0.299 e. The van der Waals surface area contributed by atoms with E-state index in [0.717, 1.165) is 32.1 Å². The number of hydrogen-bond donors (Lipinski definition) is 1. The van der Waals surface area contributed by atoms with Gasteiger partial charge < -0.3 is 0 Å². The van der Waals surface area contributed by atoms with Crippen molar-refractivity contribution in [3.63, 3.8) is 0 Å². The van der Waals surface area contributed by atoms with Crippen LogP contribution in [0.1, 0.15) is 22.3 Å². The van der Waals surface area contributed by atoms with Crippen molar-refractivity contribution in [3.8, 4) is 10.6 Å². The number of aryl methyl sites for hydroxylation is 4. The third kappa shape index (κ3) is 5.75. The quantitative estimate of drug-likeness (QED) is 0.369. The van der Waals surface area contributed by atoms with Gasteiger partial charge in [-0.2, -0.15) is 0 Å². The second-order valence-electron chi connectivity index (χ2n) is 8.50. The number of amides is 1. The van der Waals surface area contributed by atoms with Crippen LogP contribution in [-0.2, 0) is 14.8 Å². The first-order valence-corrected chi connectivity index (χ1v) is 13.3. The number of carbonyl (C=O) groups excluding carboxylic acids is 1. The fourth-order valence-electron chi connectivity index (χ4n) is 3.62. The molecule has 0 spiro atoms. The lowest BCUT2D eigenvalue weighted by molar-refractivity contribution is -0.114. The number of anilines is 2. The van der Waals surface area contributed by atoms with Crippen LogP contribution in [0.3, 0.4) is 0 Å². The normalized spacial score (nSPS) is 11.3. The Bertz CT molecular complexity index is 1440. The molecule has 180 valence electrons. The number of sulfonamides is 1. The molecular formula is C26H26N4O3S2. The van der Waals surface area contributed by atoms with Crippen LogP contribution in [-0.4, -0.2) is 31.1 Å². The highest BCUT2D eigenvalue weighted by molar-refractivity contribution is 7.92. The Morgan fingerprint density at radius 2 is 1.40 bits per heavy atom. The predicted molar refractivity (Wildman–Crippen MR) is 140 cm³/mol. The third-order valence-corrected chi connectivity index (χ3v) is 8.04. The highest BCUT2D eigenvalue weighted by Gasteiger charge is 2.28. The van der Waals surface area contributed by atoms with Crippen molar-refractivity contribution in [3.05, 3.63) is 89.0 Å². The first kappa shape index (κ1) is 24.6. The molecule has 0 unspecified atom stereocenters. The van der Waals surface area contributed by atoms with Crippen molar-refractivity contribution >= 4 is 38.1 Å². The van der Waals surface area contributed by atoms with Crippen LogP contribution >= 0.6 is 11.3 Å². The molecule has 0 saturated carbocycles. The van der Waals surface area contributed by atoms with E-state index in [1.54, 1.807) is 36.4 Å². The molecule has 4 rings (SSSR count). The monoisotopic (exact) mass is 506 g/mol. The Labute approximate surface area is 209 Å². The van der Waals surface area contributed by atoms with Gasteiger partial charge in [0.15, 0.2) is 0 Å². The van der Waals surface area contributed by atoms with E-state index in [0.29, 0.717) is 15.8 Å². The Balaban J connectivity index is 1.61. The molecule has 0 radical (unpaired) electrons.